The molecule has 0 radical (unpaired) electrons. The van der Waals surface area contributed by atoms with Gasteiger partial charge in [-0.2, -0.15) is 0 Å². The van der Waals surface area contributed by atoms with Crippen molar-refractivity contribution in [2.45, 2.75) is 25.7 Å². The molecule has 2 nitrogen and oxygen atoms in total. The molecule has 3 rings (SSSR count). The van der Waals surface area contributed by atoms with Crippen molar-refractivity contribution in [1.29, 1.82) is 0 Å². The van der Waals surface area contributed by atoms with Crippen LogP contribution in [0.15, 0.2) is 36.4 Å². The van der Waals surface area contributed by atoms with Gasteiger partial charge in [0.05, 0.1) is 5.69 Å². The zero-order chi connectivity index (χ0) is 13.9. The molecule has 0 atom stereocenters. The molecule has 1 N–H and O–H groups in total. The van der Waals surface area contributed by atoms with Gasteiger partial charge in [0, 0.05) is 18.1 Å². The average molecular weight is 288 g/mol. The van der Waals surface area contributed by atoms with Crippen molar-refractivity contribution in [1.82, 2.24) is 0 Å². The average Bonchev–Trinajstić information content (AvgIpc) is 2.48. The molecule has 0 fully saturated rings. The quantitative estimate of drug-likeness (QED) is 0.852. The van der Waals surface area contributed by atoms with E-state index in [9.17, 15) is 0 Å². The second-order valence-corrected chi connectivity index (χ2v) is 5.53. The van der Waals surface area contributed by atoms with E-state index in [-0.39, 0.29) is 0 Å². The van der Waals surface area contributed by atoms with Crippen molar-refractivity contribution < 1.29 is 4.74 Å². The number of anilines is 1. The number of nitrogens with one attached hydrogen (secondary N) is 1. The summed E-state index contributed by atoms with van der Waals surface area (Å²) in [6, 6.07) is 12.0. The second kappa shape index (κ2) is 5.76. The van der Waals surface area contributed by atoms with E-state index in [4.69, 9.17) is 16.3 Å². The van der Waals surface area contributed by atoms with E-state index in [0.717, 1.165) is 30.0 Å². The number of hydrogen-bond donors (Lipinski definition) is 1. The Morgan fingerprint density at radius 3 is 2.75 bits per heavy atom. The van der Waals surface area contributed by atoms with Gasteiger partial charge in [0.2, 0.25) is 0 Å². The Kier molecular flexibility index (Phi) is 3.83. The van der Waals surface area contributed by atoms with Crippen molar-refractivity contribution in [3.05, 3.63) is 52.5 Å². The second-order valence-electron chi connectivity index (χ2n) is 5.09. The minimum Gasteiger partial charge on any atom is -0.455 e. The standard InChI is InChI=1S/C17H18ClNO/c1-19-15-10-9-13(18)11-17(15)20-16-8-4-6-12-5-2-3-7-14(12)16/h4,6,8-11,19H,2-3,5,7H2,1H3. The summed E-state index contributed by atoms with van der Waals surface area (Å²) in [6.07, 6.45) is 4.76. The van der Waals surface area contributed by atoms with Gasteiger partial charge in [-0.05, 0) is 55.0 Å². The minimum atomic E-state index is 0.684. The normalized spacial score (nSPS) is 13.7. The summed E-state index contributed by atoms with van der Waals surface area (Å²) in [4.78, 5) is 0. The van der Waals surface area contributed by atoms with Crippen LogP contribution in [0.4, 0.5) is 5.69 Å². The predicted molar refractivity (Wildman–Crippen MR) is 84.2 cm³/mol. The van der Waals surface area contributed by atoms with E-state index in [1.807, 2.05) is 31.3 Å². The first-order valence-corrected chi connectivity index (χ1v) is 7.41. The van der Waals surface area contributed by atoms with E-state index >= 15 is 0 Å². The van der Waals surface area contributed by atoms with Gasteiger partial charge in [0.25, 0.3) is 0 Å². The lowest BCUT2D eigenvalue weighted by atomic mass is 9.91. The van der Waals surface area contributed by atoms with Crippen LogP contribution in [0.25, 0.3) is 0 Å². The molecule has 0 bridgehead atoms. The first-order chi connectivity index (χ1) is 9.78. The maximum absolute atomic E-state index is 6.13. The van der Waals surface area contributed by atoms with Gasteiger partial charge in [-0.3, -0.25) is 0 Å². The Morgan fingerprint density at radius 2 is 1.90 bits per heavy atom. The van der Waals surface area contributed by atoms with E-state index in [1.54, 1.807) is 0 Å². The Balaban J connectivity index is 1.97. The van der Waals surface area contributed by atoms with Crippen LogP contribution < -0.4 is 10.1 Å². The van der Waals surface area contributed by atoms with Crippen LogP contribution in [-0.2, 0) is 12.8 Å². The molecule has 0 saturated carbocycles. The SMILES string of the molecule is CNc1ccc(Cl)cc1Oc1cccc2c1CCCC2. The van der Waals surface area contributed by atoms with Crippen LogP contribution in [0.3, 0.4) is 0 Å². The van der Waals surface area contributed by atoms with E-state index in [2.05, 4.69) is 17.4 Å². The van der Waals surface area contributed by atoms with Crippen molar-refractivity contribution in [2.24, 2.45) is 0 Å². The molecule has 20 heavy (non-hydrogen) atoms. The monoisotopic (exact) mass is 287 g/mol. The highest BCUT2D eigenvalue weighted by molar-refractivity contribution is 6.30. The van der Waals surface area contributed by atoms with Crippen molar-refractivity contribution >= 4 is 17.3 Å². The summed E-state index contributed by atoms with van der Waals surface area (Å²) in [6.45, 7) is 0. The molecule has 1 aliphatic rings. The van der Waals surface area contributed by atoms with E-state index < -0.39 is 0 Å². The Hall–Kier alpha value is -1.67. The van der Waals surface area contributed by atoms with E-state index in [0.29, 0.717) is 5.02 Å². The van der Waals surface area contributed by atoms with Crippen LogP contribution in [0.1, 0.15) is 24.0 Å². The fourth-order valence-corrected chi connectivity index (χ4v) is 2.91. The van der Waals surface area contributed by atoms with Crippen LogP contribution >= 0.6 is 11.6 Å². The zero-order valence-corrected chi connectivity index (χ0v) is 12.3. The molecule has 0 heterocycles. The van der Waals surface area contributed by atoms with E-state index in [1.165, 1.54) is 24.0 Å². The molecular weight excluding hydrogens is 270 g/mol. The van der Waals surface area contributed by atoms with Gasteiger partial charge < -0.3 is 10.1 Å². The van der Waals surface area contributed by atoms with Gasteiger partial charge in [0.15, 0.2) is 5.75 Å². The molecule has 2 aromatic carbocycles. The number of fused-ring (bicyclic) bond motifs is 1. The summed E-state index contributed by atoms with van der Waals surface area (Å²) in [5.41, 5.74) is 3.71. The highest BCUT2D eigenvalue weighted by atomic mass is 35.5. The minimum absolute atomic E-state index is 0.684. The number of rotatable bonds is 3. The summed E-state index contributed by atoms with van der Waals surface area (Å²) < 4.78 is 6.13. The molecule has 0 saturated heterocycles. The molecule has 3 heteroatoms. The molecule has 0 aliphatic heterocycles. The van der Waals surface area contributed by atoms with Crippen LogP contribution in [0.5, 0.6) is 11.5 Å². The molecule has 104 valence electrons. The largest absolute Gasteiger partial charge is 0.455 e. The summed E-state index contributed by atoms with van der Waals surface area (Å²) in [7, 11) is 1.89. The molecule has 0 unspecified atom stereocenters. The maximum atomic E-state index is 6.13. The maximum Gasteiger partial charge on any atom is 0.151 e. The number of aryl methyl sites for hydroxylation is 1. The first-order valence-electron chi connectivity index (χ1n) is 7.04. The number of hydrogen-bond acceptors (Lipinski definition) is 2. The van der Waals surface area contributed by atoms with Gasteiger partial charge in [-0.1, -0.05) is 23.7 Å². The predicted octanol–water partition coefficient (Wildman–Crippen LogP) is 5.05. The van der Waals surface area contributed by atoms with Gasteiger partial charge in [-0.15, -0.1) is 0 Å². The van der Waals surface area contributed by atoms with Crippen molar-refractivity contribution in [2.75, 3.05) is 12.4 Å². The van der Waals surface area contributed by atoms with Gasteiger partial charge >= 0.3 is 0 Å². The number of halogens is 1. The third kappa shape index (κ3) is 2.61. The van der Waals surface area contributed by atoms with Crippen LogP contribution in [0, 0.1) is 0 Å². The fraction of sp³-hybridized carbons (Fsp3) is 0.294. The first kappa shape index (κ1) is 13.3. The molecule has 0 aromatic heterocycles. The lowest BCUT2D eigenvalue weighted by Crippen LogP contribution is -2.04. The summed E-state index contributed by atoms with van der Waals surface area (Å²) in [5.74, 6) is 1.74. The highest BCUT2D eigenvalue weighted by Gasteiger charge is 2.15. The smallest absolute Gasteiger partial charge is 0.151 e. The topological polar surface area (TPSA) is 21.3 Å². The third-order valence-corrected chi connectivity index (χ3v) is 4.02. The zero-order valence-electron chi connectivity index (χ0n) is 11.6. The Morgan fingerprint density at radius 1 is 1.05 bits per heavy atom. The molecular formula is C17H18ClNO. The Bertz CT molecular complexity index is 624. The molecule has 0 spiro atoms. The molecule has 1 aliphatic carbocycles. The third-order valence-electron chi connectivity index (χ3n) is 3.79. The lowest BCUT2D eigenvalue weighted by molar-refractivity contribution is 0.472. The van der Waals surface area contributed by atoms with Crippen LogP contribution in [-0.4, -0.2) is 7.05 Å². The molecule has 2 aromatic rings. The van der Waals surface area contributed by atoms with Gasteiger partial charge in [-0.25, -0.2) is 0 Å². The van der Waals surface area contributed by atoms with Crippen molar-refractivity contribution in [3.63, 3.8) is 0 Å². The summed E-state index contributed by atoms with van der Waals surface area (Å²) in [5, 5.41) is 3.82. The van der Waals surface area contributed by atoms with Crippen molar-refractivity contribution in [3.8, 4) is 11.5 Å². The number of benzene rings is 2. The van der Waals surface area contributed by atoms with Crippen LogP contribution in [0.2, 0.25) is 5.02 Å². The van der Waals surface area contributed by atoms with Gasteiger partial charge in [0.1, 0.15) is 5.75 Å². The summed E-state index contributed by atoms with van der Waals surface area (Å²) >= 11 is 6.08. The highest BCUT2D eigenvalue weighted by Crippen LogP contribution is 2.36. The number of ether oxygens (including phenoxy) is 1. The fourth-order valence-electron chi connectivity index (χ4n) is 2.75. The Labute approximate surface area is 124 Å². The lowest BCUT2D eigenvalue weighted by Gasteiger charge is -2.20. The molecule has 0 amide bonds.